The van der Waals surface area contributed by atoms with Crippen LogP contribution in [0.4, 0.5) is 10.7 Å². The first kappa shape index (κ1) is 16.1. The predicted molar refractivity (Wildman–Crippen MR) is 94.1 cm³/mol. The number of rotatable bonds is 4. The molecule has 124 valence electrons. The van der Waals surface area contributed by atoms with E-state index in [4.69, 9.17) is 0 Å². The Bertz CT molecular complexity index is 787. The topological polar surface area (TPSA) is 86.7 Å². The molecule has 2 N–H and O–H groups in total. The fraction of sp³-hybridized carbons (Fsp3) is 0.250. The lowest BCUT2D eigenvalue weighted by atomic mass is 10.2. The minimum atomic E-state index is -0.640. The molecule has 0 spiro atoms. The number of anilines is 2. The summed E-state index contributed by atoms with van der Waals surface area (Å²) in [7, 11) is 0. The minimum absolute atomic E-state index is 0.0985. The van der Waals surface area contributed by atoms with Gasteiger partial charge in [0, 0.05) is 0 Å². The van der Waals surface area contributed by atoms with E-state index in [1.165, 1.54) is 16.3 Å². The predicted octanol–water partition coefficient (Wildman–Crippen LogP) is 1.98. The molecule has 0 saturated carbocycles. The molecule has 2 amide bonds. The van der Waals surface area contributed by atoms with Crippen molar-refractivity contribution < 1.29 is 9.59 Å². The van der Waals surface area contributed by atoms with Crippen LogP contribution in [0.2, 0.25) is 0 Å². The molecule has 1 aliphatic heterocycles. The Balaban J connectivity index is 1.81. The summed E-state index contributed by atoms with van der Waals surface area (Å²) >= 11 is 1.36. The number of amidine groups is 1. The van der Waals surface area contributed by atoms with Crippen LogP contribution in [0, 0.1) is 0 Å². The molecular weight excluding hydrogens is 326 g/mol. The van der Waals surface area contributed by atoms with E-state index in [1.807, 2.05) is 25.1 Å². The van der Waals surface area contributed by atoms with Gasteiger partial charge >= 0.3 is 0 Å². The summed E-state index contributed by atoms with van der Waals surface area (Å²) in [6.45, 7) is 3.63. The first-order chi connectivity index (χ1) is 11.6. The second kappa shape index (κ2) is 6.79. The highest BCUT2D eigenvalue weighted by molar-refractivity contribution is 7.14. The van der Waals surface area contributed by atoms with Crippen molar-refractivity contribution in [3.8, 4) is 0 Å². The van der Waals surface area contributed by atoms with Gasteiger partial charge in [0.15, 0.2) is 0 Å². The normalized spacial score (nSPS) is 17.2. The van der Waals surface area contributed by atoms with E-state index < -0.39 is 11.9 Å². The van der Waals surface area contributed by atoms with Crippen molar-refractivity contribution in [1.82, 2.24) is 10.4 Å². The smallest absolute Gasteiger partial charge is 0.293 e. The maximum atomic E-state index is 12.5. The molecule has 0 saturated heterocycles. The fourth-order valence-electron chi connectivity index (χ4n) is 2.29. The van der Waals surface area contributed by atoms with E-state index in [9.17, 15) is 9.59 Å². The molecule has 1 aliphatic rings. The second-order valence-electron chi connectivity index (χ2n) is 5.21. The van der Waals surface area contributed by atoms with E-state index in [2.05, 4.69) is 20.7 Å². The van der Waals surface area contributed by atoms with E-state index in [1.54, 1.807) is 24.6 Å². The molecule has 0 bridgehead atoms. The van der Waals surface area contributed by atoms with Crippen molar-refractivity contribution in [2.45, 2.75) is 26.3 Å². The van der Waals surface area contributed by atoms with Gasteiger partial charge < -0.3 is 5.32 Å². The largest absolute Gasteiger partial charge is 0.309 e. The zero-order chi connectivity index (χ0) is 17.1. The Labute approximate surface area is 143 Å². The van der Waals surface area contributed by atoms with Crippen LogP contribution in [0.25, 0.3) is 0 Å². The fourth-order valence-corrected chi connectivity index (χ4v) is 3.06. The molecule has 0 aliphatic carbocycles. The van der Waals surface area contributed by atoms with E-state index >= 15 is 0 Å². The number of hydrogen-bond donors (Lipinski definition) is 2. The van der Waals surface area contributed by atoms with Crippen molar-refractivity contribution in [3.63, 3.8) is 0 Å². The van der Waals surface area contributed by atoms with E-state index in [-0.39, 0.29) is 11.7 Å². The van der Waals surface area contributed by atoms with Gasteiger partial charge in [0.2, 0.25) is 5.84 Å². The minimum Gasteiger partial charge on any atom is -0.309 e. The van der Waals surface area contributed by atoms with Gasteiger partial charge in [0.25, 0.3) is 11.8 Å². The van der Waals surface area contributed by atoms with Crippen LogP contribution < -0.4 is 15.8 Å². The zero-order valence-corrected chi connectivity index (χ0v) is 14.1. The Kier molecular flexibility index (Phi) is 4.57. The number of benzene rings is 1. The van der Waals surface area contributed by atoms with Gasteiger partial charge in [-0.05, 0) is 25.5 Å². The molecule has 1 aromatic carbocycles. The van der Waals surface area contributed by atoms with Crippen molar-refractivity contribution in [2.24, 2.45) is 4.99 Å². The maximum absolute atomic E-state index is 12.5. The third-order valence-corrected chi connectivity index (χ3v) is 4.34. The summed E-state index contributed by atoms with van der Waals surface area (Å²) in [6.07, 6.45) is 0.726. The molecule has 3 rings (SSSR count). The molecule has 2 aromatic rings. The van der Waals surface area contributed by atoms with Gasteiger partial charge in [-0.25, -0.2) is 15.0 Å². The standard InChI is InChI=1S/C16H17N5O2S/c1-3-12-15(24-9-17-12)19-14(22)13-18-10(2)16(23)21(20-13)11-7-5-4-6-8-11/h4-10H,3H2,1-2H3,(H,18,20)(H,19,22). The molecule has 7 nitrogen and oxygen atoms in total. The highest BCUT2D eigenvalue weighted by Crippen LogP contribution is 2.21. The quantitative estimate of drug-likeness (QED) is 0.889. The number of para-hydroxylation sites is 1. The molecule has 0 fully saturated rings. The summed E-state index contributed by atoms with van der Waals surface area (Å²) in [6, 6.07) is 8.45. The Hall–Kier alpha value is -2.74. The second-order valence-corrected chi connectivity index (χ2v) is 6.07. The molecule has 1 aromatic heterocycles. The van der Waals surface area contributed by atoms with Gasteiger partial charge in [0.05, 0.1) is 16.9 Å². The Morgan fingerprint density at radius 2 is 2.12 bits per heavy atom. The van der Waals surface area contributed by atoms with Crippen molar-refractivity contribution in [3.05, 3.63) is 41.5 Å². The van der Waals surface area contributed by atoms with Crippen LogP contribution in [0.5, 0.6) is 0 Å². The summed E-state index contributed by atoms with van der Waals surface area (Å²) in [5, 5.41) is 4.85. The zero-order valence-electron chi connectivity index (χ0n) is 13.3. The van der Waals surface area contributed by atoms with Crippen LogP contribution in [0.3, 0.4) is 0 Å². The molecule has 0 radical (unpaired) electrons. The van der Waals surface area contributed by atoms with Crippen molar-refractivity contribution >= 4 is 39.7 Å². The number of nitrogens with one attached hydrogen (secondary N) is 2. The van der Waals surface area contributed by atoms with E-state index in [0.717, 1.165) is 12.1 Å². The molecule has 2 heterocycles. The van der Waals surface area contributed by atoms with Crippen molar-refractivity contribution in [1.29, 1.82) is 0 Å². The average molecular weight is 343 g/mol. The lowest BCUT2D eigenvalue weighted by Crippen LogP contribution is -2.57. The molecular formula is C16H17N5O2S. The van der Waals surface area contributed by atoms with Crippen LogP contribution in [-0.2, 0) is 16.0 Å². The van der Waals surface area contributed by atoms with Crippen LogP contribution >= 0.6 is 11.3 Å². The number of thiazole rings is 1. The summed E-state index contributed by atoms with van der Waals surface area (Å²) in [5.74, 6) is -0.513. The molecule has 8 heteroatoms. The summed E-state index contributed by atoms with van der Waals surface area (Å²) in [5.41, 5.74) is 5.97. The maximum Gasteiger partial charge on any atom is 0.293 e. The highest BCUT2D eigenvalue weighted by atomic mass is 32.1. The number of carbonyl (C=O) groups is 2. The van der Waals surface area contributed by atoms with Gasteiger partial charge in [-0.2, -0.15) is 0 Å². The van der Waals surface area contributed by atoms with Gasteiger partial charge in [-0.15, -0.1) is 11.3 Å². The number of carbonyl (C=O) groups excluding carboxylic acids is 2. The number of aryl methyl sites for hydroxylation is 1. The van der Waals surface area contributed by atoms with Crippen molar-refractivity contribution in [2.75, 3.05) is 10.3 Å². The lowest BCUT2D eigenvalue weighted by Gasteiger charge is -2.30. The molecule has 1 unspecified atom stereocenters. The Morgan fingerprint density at radius 3 is 2.83 bits per heavy atom. The Morgan fingerprint density at radius 1 is 1.38 bits per heavy atom. The lowest BCUT2D eigenvalue weighted by molar-refractivity contribution is -0.120. The molecule has 1 atom stereocenters. The first-order valence-electron chi connectivity index (χ1n) is 7.57. The number of amides is 2. The highest BCUT2D eigenvalue weighted by Gasteiger charge is 2.31. The van der Waals surface area contributed by atoms with E-state index in [0.29, 0.717) is 10.7 Å². The SMILES string of the molecule is CCc1ncsc1NC(=O)C1=NC(C)C(=O)N(c2ccccc2)N1. The summed E-state index contributed by atoms with van der Waals surface area (Å²) in [4.78, 5) is 33.2. The number of hydrogen-bond acceptors (Lipinski definition) is 6. The average Bonchev–Trinajstić information content (AvgIpc) is 3.05. The van der Waals surface area contributed by atoms with Gasteiger partial charge in [-0.1, -0.05) is 25.1 Å². The number of aromatic nitrogens is 1. The number of nitrogens with zero attached hydrogens (tertiary/aromatic N) is 3. The van der Waals surface area contributed by atoms with Crippen LogP contribution in [-0.4, -0.2) is 28.7 Å². The van der Waals surface area contributed by atoms with Gasteiger partial charge in [0.1, 0.15) is 11.0 Å². The number of aliphatic imine (C=N–C) groups is 1. The summed E-state index contributed by atoms with van der Waals surface area (Å²) < 4.78 is 0. The molecule has 24 heavy (non-hydrogen) atoms. The van der Waals surface area contributed by atoms with Crippen LogP contribution in [0.15, 0.2) is 40.8 Å². The first-order valence-corrected chi connectivity index (χ1v) is 8.45. The number of hydrazine groups is 1. The third-order valence-electron chi connectivity index (χ3n) is 3.55. The van der Waals surface area contributed by atoms with Gasteiger partial charge in [-0.3, -0.25) is 15.0 Å². The monoisotopic (exact) mass is 343 g/mol. The van der Waals surface area contributed by atoms with Crippen LogP contribution in [0.1, 0.15) is 19.5 Å². The third kappa shape index (κ3) is 3.13.